The number of hydrogen-bond donors (Lipinski definition) is 0. The predicted molar refractivity (Wildman–Crippen MR) is 124 cm³/mol. The summed E-state index contributed by atoms with van der Waals surface area (Å²) in [4.78, 5) is 22.8. The van der Waals surface area contributed by atoms with Crippen LogP contribution < -0.4 is 4.90 Å². The number of carbonyl (C=O) groups excluding carboxylic acids is 1. The van der Waals surface area contributed by atoms with Crippen molar-refractivity contribution < 1.29 is 22.7 Å². The van der Waals surface area contributed by atoms with Crippen LogP contribution in [0.1, 0.15) is 28.9 Å². The van der Waals surface area contributed by atoms with Gasteiger partial charge in [-0.3, -0.25) is 4.79 Å². The first kappa shape index (κ1) is 24.4. The molecule has 0 unspecified atom stereocenters. The Morgan fingerprint density at radius 3 is 2.51 bits per heavy atom. The number of Topliss-reactive ketones (excluding diaryl/α,β-unsaturated/α-hetero) is 1. The third-order valence-corrected chi connectivity index (χ3v) is 5.76. The Balaban J connectivity index is 1.54. The predicted octanol–water partition coefficient (Wildman–Crippen LogP) is 4.62. The molecule has 0 N–H and O–H groups in total. The molecular formula is C26H23F3N4O2. The standard InChI is InChI=1S/C26H23F3N4O2/c27-26(28,29)23-17-20(4-3-19(23)16-22(34)7-9-30)24-8-10-31-25(32-24)15-18-1-5-21(6-2-18)33-11-13-35-14-12-33/h1-6,8,10,17H,7,11-16H2. The Hall–Kier alpha value is -3.77. The summed E-state index contributed by atoms with van der Waals surface area (Å²) in [6.45, 7) is 3.09. The lowest BCUT2D eigenvalue weighted by atomic mass is 9.97. The second-order valence-corrected chi connectivity index (χ2v) is 8.22. The molecule has 0 radical (unpaired) electrons. The van der Waals surface area contributed by atoms with Gasteiger partial charge >= 0.3 is 6.18 Å². The Labute approximate surface area is 201 Å². The van der Waals surface area contributed by atoms with Gasteiger partial charge in [-0.15, -0.1) is 0 Å². The van der Waals surface area contributed by atoms with E-state index < -0.39 is 30.4 Å². The third kappa shape index (κ3) is 6.22. The van der Waals surface area contributed by atoms with Crippen molar-refractivity contribution in [2.75, 3.05) is 31.2 Å². The highest BCUT2D eigenvalue weighted by atomic mass is 19.4. The molecule has 1 fully saturated rings. The smallest absolute Gasteiger partial charge is 0.378 e. The van der Waals surface area contributed by atoms with Gasteiger partial charge in [0.15, 0.2) is 5.78 Å². The molecule has 1 aliphatic heterocycles. The van der Waals surface area contributed by atoms with Crippen molar-refractivity contribution in [1.82, 2.24) is 9.97 Å². The van der Waals surface area contributed by atoms with Gasteiger partial charge in [0.25, 0.3) is 0 Å². The van der Waals surface area contributed by atoms with E-state index in [4.69, 9.17) is 10.00 Å². The van der Waals surface area contributed by atoms with Crippen LogP contribution in [0, 0.1) is 11.3 Å². The number of anilines is 1. The maximum atomic E-state index is 13.7. The van der Waals surface area contributed by atoms with E-state index in [-0.39, 0.29) is 11.1 Å². The fraction of sp³-hybridized carbons (Fsp3) is 0.308. The average Bonchev–Trinajstić information content (AvgIpc) is 2.85. The zero-order valence-corrected chi connectivity index (χ0v) is 18.9. The molecule has 1 aliphatic rings. The van der Waals surface area contributed by atoms with Crippen molar-refractivity contribution in [1.29, 1.82) is 5.26 Å². The SMILES string of the molecule is N#CCC(=O)Cc1ccc(-c2ccnc(Cc3ccc(N4CCOCC4)cc3)n2)cc1C(F)(F)F. The largest absolute Gasteiger partial charge is 0.416 e. The van der Waals surface area contributed by atoms with E-state index in [1.807, 2.05) is 24.3 Å². The van der Waals surface area contributed by atoms with Crippen LogP contribution in [0.15, 0.2) is 54.7 Å². The molecular weight excluding hydrogens is 457 g/mol. The maximum absolute atomic E-state index is 13.7. The molecule has 4 rings (SSSR count). The number of carbonyl (C=O) groups is 1. The number of nitriles is 1. The van der Waals surface area contributed by atoms with Crippen LogP contribution in [0.3, 0.4) is 0 Å². The third-order valence-electron chi connectivity index (χ3n) is 5.76. The minimum absolute atomic E-state index is 0.156. The van der Waals surface area contributed by atoms with E-state index >= 15 is 0 Å². The summed E-state index contributed by atoms with van der Waals surface area (Å²) in [5.41, 5.74) is 1.68. The van der Waals surface area contributed by atoms with Gasteiger partial charge in [-0.2, -0.15) is 18.4 Å². The zero-order valence-electron chi connectivity index (χ0n) is 18.9. The van der Waals surface area contributed by atoms with Crippen LogP contribution in [0.4, 0.5) is 18.9 Å². The van der Waals surface area contributed by atoms with Gasteiger partial charge in [-0.05, 0) is 35.4 Å². The molecule has 0 amide bonds. The van der Waals surface area contributed by atoms with E-state index in [9.17, 15) is 18.0 Å². The summed E-state index contributed by atoms with van der Waals surface area (Å²) in [6.07, 6.45) is -3.56. The molecule has 9 heteroatoms. The molecule has 0 bridgehead atoms. The summed E-state index contributed by atoms with van der Waals surface area (Å²) < 4.78 is 46.5. The van der Waals surface area contributed by atoms with E-state index in [1.165, 1.54) is 18.3 Å². The van der Waals surface area contributed by atoms with Crippen LogP contribution in [0.5, 0.6) is 0 Å². The number of alkyl halides is 3. The molecule has 0 atom stereocenters. The van der Waals surface area contributed by atoms with Crippen molar-refractivity contribution in [2.45, 2.75) is 25.4 Å². The molecule has 1 saturated heterocycles. The summed E-state index contributed by atoms with van der Waals surface area (Å²) in [6, 6.07) is 15.1. The second kappa shape index (κ2) is 10.7. The minimum atomic E-state index is -4.64. The lowest BCUT2D eigenvalue weighted by Gasteiger charge is -2.28. The van der Waals surface area contributed by atoms with E-state index in [0.717, 1.165) is 30.4 Å². The fourth-order valence-electron chi connectivity index (χ4n) is 3.99. The number of rotatable bonds is 7. The van der Waals surface area contributed by atoms with Crippen molar-refractivity contribution >= 4 is 11.5 Å². The van der Waals surface area contributed by atoms with E-state index in [0.29, 0.717) is 31.2 Å². The maximum Gasteiger partial charge on any atom is 0.416 e. The quantitative estimate of drug-likeness (QED) is 0.491. The van der Waals surface area contributed by atoms with Gasteiger partial charge in [-0.25, -0.2) is 9.97 Å². The number of hydrogen-bond acceptors (Lipinski definition) is 6. The summed E-state index contributed by atoms with van der Waals surface area (Å²) >= 11 is 0. The minimum Gasteiger partial charge on any atom is -0.378 e. The van der Waals surface area contributed by atoms with Gasteiger partial charge in [0.05, 0.1) is 37.0 Å². The number of halogens is 3. The second-order valence-electron chi connectivity index (χ2n) is 8.22. The number of ether oxygens (including phenoxy) is 1. The van der Waals surface area contributed by atoms with Gasteiger partial charge < -0.3 is 9.64 Å². The molecule has 6 nitrogen and oxygen atoms in total. The van der Waals surface area contributed by atoms with Crippen molar-refractivity contribution in [3.05, 3.63) is 77.2 Å². The number of benzene rings is 2. The zero-order chi connectivity index (χ0) is 24.8. The summed E-state index contributed by atoms with van der Waals surface area (Å²) in [7, 11) is 0. The molecule has 3 aromatic rings. The molecule has 0 saturated carbocycles. The number of nitrogens with zero attached hydrogens (tertiary/aromatic N) is 4. The summed E-state index contributed by atoms with van der Waals surface area (Å²) in [5.74, 6) is -0.0711. The molecule has 2 aromatic carbocycles. The fourth-order valence-corrected chi connectivity index (χ4v) is 3.99. The van der Waals surface area contributed by atoms with Crippen LogP contribution in [-0.4, -0.2) is 42.1 Å². The van der Waals surface area contributed by atoms with Crippen LogP contribution in [0.2, 0.25) is 0 Å². The topological polar surface area (TPSA) is 79.1 Å². The molecule has 35 heavy (non-hydrogen) atoms. The van der Waals surface area contributed by atoms with Crippen LogP contribution in [0.25, 0.3) is 11.3 Å². The van der Waals surface area contributed by atoms with E-state index in [2.05, 4.69) is 14.9 Å². The Morgan fingerprint density at radius 1 is 1.09 bits per heavy atom. The van der Waals surface area contributed by atoms with Crippen molar-refractivity contribution in [3.63, 3.8) is 0 Å². The normalized spacial score (nSPS) is 13.9. The van der Waals surface area contributed by atoms with Gasteiger partial charge in [-0.1, -0.05) is 24.3 Å². The first-order chi connectivity index (χ1) is 16.8. The molecule has 1 aromatic heterocycles. The molecule has 2 heterocycles. The van der Waals surface area contributed by atoms with Gasteiger partial charge in [0.2, 0.25) is 0 Å². The number of morpholine rings is 1. The van der Waals surface area contributed by atoms with Crippen molar-refractivity contribution in [3.8, 4) is 17.3 Å². The van der Waals surface area contributed by atoms with Crippen LogP contribution >= 0.6 is 0 Å². The van der Waals surface area contributed by atoms with E-state index in [1.54, 1.807) is 12.1 Å². The molecule has 0 aliphatic carbocycles. The highest BCUT2D eigenvalue weighted by Crippen LogP contribution is 2.35. The highest BCUT2D eigenvalue weighted by Gasteiger charge is 2.34. The van der Waals surface area contributed by atoms with Gasteiger partial charge in [0, 0.05) is 43.4 Å². The number of ketones is 1. The van der Waals surface area contributed by atoms with Gasteiger partial charge in [0.1, 0.15) is 5.82 Å². The summed E-state index contributed by atoms with van der Waals surface area (Å²) in [5, 5.41) is 8.63. The Bertz CT molecular complexity index is 1230. The molecule has 0 spiro atoms. The Kier molecular flexibility index (Phi) is 7.42. The monoisotopic (exact) mass is 480 g/mol. The lowest BCUT2D eigenvalue weighted by Crippen LogP contribution is -2.36. The highest BCUT2D eigenvalue weighted by molar-refractivity contribution is 5.83. The van der Waals surface area contributed by atoms with Crippen molar-refractivity contribution in [2.24, 2.45) is 0 Å². The first-order valence-electron chi connectivity index (χ1n) is 11.2. The Morgan fingerprint density at radius 2 is 1.83 bits per heavy atom. The average molecular weight is 480 g/mol. The first-order valence-corrected chi connectivity index (χ1v) is 11.2. The molecule has 180 valence electrons. The number of aromatic nitrogens is 2. The lowest BCUT2D eigenvalue weighted by molar-refractivity contribution is -0.138. The van der Waals surface area contributed by atoms with Crippen LogP contribution in [-0.2, 0) is 28.5 Å².